The Kier molecular flexibility index (Phi) is 5.04. The molecule has 1 aromatic rings. The normalized spacial score (nSPS) is 22.0. The minimum absolute atomic E-state index is 0.116. The van der Waals surface area contributed by atoms with Crippen molar-refractivity contribution in [2.24, 2.45) is 5.92 Å². The summed E-state index contributed by atoms with van der Waals surface area (Å²) < 4.78 is 0. The Balaban J connectivity index is 1.48. The lowest BCUT2D eigenvalue weighted by molar-refractivity contribution is -0.141. The molecule has 1 N–H and O–H groups in total. The van der Waals surface area contributed by atoms with E-state index in [4.69, 9.17) is 5.11 Å². The molecule has 3 rings (SSSR count). The third-order valence-electron chi connectivity index (χ3n) is 4.98. The van der Waals surface area contributed by atoms with Gasteiger partial charge in [-0.25, -0.2) is 0 Å². The summed E-state index contributed by atoms with van der Waals surface area (Å²) in [5, 5.41) is 9.04. The van der Waals surface area contributed by atoms with E-state index in [1.807, 2.05) is 9.80 Å². The Morgan fingerprint density at radius 2 is 1.92 bits per heavy atom. The number of nitrogens with zero attached hydrogens (tertiary/aromatic N) is 3. The topological polar surface area (TPSA) is 64.1 Å². The Bertz CT molecular complexity index is 611. The first-order valence-electron chi connectivity index (χ1n) is 8.57. The zero-order valence-electron chi connectivity index (χ0n) is 14.1. The van der Waals surface area contributed by atoms with Gasteiger partial charge in [0.15, 0.2) is 0 Å². The van der Waals surface area contributed by atoms with E-state index in [1.165, 1.54) is 11.3 Å². The fraction of sp³-hybridized carbons (Fsp3) is 0.556. The van der Waals surface area contributed by atoms with E-state index < -0.39 is 5.97 Å². The van der Waals surface area contributed by atoms with Gasteiger partial charge in [-0.1, -0.05) is 12.1 Å². The number of benzene rings is 1. The molecule has 2 heterocycles. The second-order valence-electron chi connectivity index (χ2n) is 6.77. The highest BCUT2D eigenvalue weighted by molar-refractivity contribution is 5.79. The van der Waals surface area contributed by atoms with E-state index in [0.717, 1.165) is 26.2 Å². The van der Waals surface area contributed by atoms with Gasteiger partial charge in [0.05, 0.1) is 12.5 Å². The van der Waals surface area contributed by atoms with Gasteiger partial charge in [-0.15, -0.1) is 0 Å². The summed E-state index contributed by atoms with van der Waals surface area (Å²) >= 11 is 0. The highest BCUT2D eigenvalue weighted by Gasteiger charge is 2.30. The van der Waals surface area contributed by atoms with E-state index in [-0.39, 0.29) is 11.8 Å². The molecule has 0 radical (unpaired) electrons. The third-order valence-corrected chi connectivity index (χ3v) is 4.98. The summed E-state index contributed by atoms with van der Waals surface area (Å²) in [6, 6.07) is 8.44. The van der Waals surface area contributed by atoms with Crippen LogP contribution in [0.3, 0.4) is 0 Å². The van der Waals surface area contributed by atoms with Crippen LogP contribution in [0.5, 0.6) is 0 Å². The molecule has 6 nitrogen and oxygen atoms in total. The molecule has 130 valence electrons. The number of carbonyl (C=O) groups excluding carboxylic acids is 1. The van der Waals surface area contributed by atoms with Crippen LogP contribution in [0.4, 0.5) is 5.69 Å². The molecule has 0 aliphatic carbocycles. The average molecular weight is 331 g/mol. The second-order valence-corrected chi connectivity index (χ2v) is 6.77. The van der Waals surface area contributed by atoms with Crippen molar-refractivity contribution in [2.75, 3.05) is 50.7 Å². The molecule has 2 aliphatic heterocycles. The molecular weight excluding hydrogens is 306 g/mol. The van der Waals surface area contributed by atoms with E-state index in [9.17, 15) is 9.59 Å². The number of piperazine rings is 1. The van der Waals surface area contributed by atoms with Crippen molar-refractivity contribution in [3.8, 4) is 0 Å². The Labute approximate surface area is 142 Å². The lowest BCUT2D eigenvalue weighted by Crippen LogP contribution is -2.51. The molecule has 2 saturated heterocycles. The molecule has 0 saturated carbocycles. The third kappa shape index (κ3) is 3.87. The smallest absolute Gasteiger partial charge is 0.307 e. The molecule has 2 fully saturated rings. The van der Waals surface area contributed by atoms with Crippen molar-refractivity contribution in [3.63, 3.8) is 0 Å². The van der Waals surface area contributed by atoms with Gasteiger partial charge >= 0.3 is 5.97 Å². The first-order chi connectivity index (χ1) is 11.5. The molecule has 0 aromatic heterocycles. The molecule has 6 heteroatoms. The van der Waals surface area contributed by atoms with E-state index in [0.29, 0.717) is 26.1 Å². The number of rotatable bonds is 4. The SMILES string of the molecule is Cc1cccc(N2CCN(C(=O)CN3CCC(C(=O)O)C3)CC2)c1. The molecule has 24 heavy (non-hydrogen) atoms. The number of amides is 1. The number of hydrogen-bond acceptors (Lipinski definition) is 4. The Hall–Kier alpha value is -2.08. The van der Waals surface area contributed by atoms with Crippen molar-refractivity contribution in [1.29, 1.82) is 0 Å². The molecule has 1 aromatic carbocycles. The van der Waals surface area contributed by atoms with E-state index in [1.54, 1.807) is 0 Å². The van der Waals surface area contributed by atoms with Crippen molar-refractivity contribution in [1.82, 2.24) is 9.80 Å². The van der Waals surface area contributed by atoms with Crippen LogP contribution in [-0.4, -0.2) is 72.6 Å². The van der Waals surface area contributed by atoms with Gasteiger partial charge < -0.3 is 14.9 Å². The van der Waals surface area contributed by atoms with Gasteiger partial charge in [-0.3, -0.25) is 14.5 Å². The van der Waals surface area contributed by atoms with Crippen LogP contribution in [0.2, 0.25) is 0 Å². The van der Waals surface area contributed by atoms with Crippen LogP contribution in [0, 0.1) is 12.8 Å². The molecule has 2 aliphatic rings. The largest absolute Gasteiger partial charge is 0.481 e. The van der Waals surface area contributed by atoms with Crippen molar-refractivity contribution >= 4 is 17.6 Å². The number of carbonyl (C=O) groups is 2. The molecule has 0 bridgehead atoms. The maximum atomic E-state index is 12.4. The summed E-state index contributed by atoms with van der Waals surface area (Å²) in [7, 11) is 0. The zero-order chi connectivity index (χ0) is 17.1. The number of carboxylic acid groups (broad SMARTS) is 1. The van der Waals surface area contributed by atoms with Crippen LogP contribution in [-0.2, 0) is 9.59 Å². The molecule has 1 amide bonds. The van der Waals surface area contributed by atoms with Crippen LogP contribution in [0.15, 0.2) is 24.3 Å². The minimum Gasteiger partial charge on any atom is -0.481 e. The minimum atomic E-state index is -0.753. The first kappa shape index (κ1) is 16.8. The van der Waals surface area contributed by atoms with Gasteiger partial charge in [0, 0.05) is 38.4 Å². The highest BCUT2D eigenvalue weighted by atomic mass is 16.4. The molecular formula is C18H25N3O3. The summed E-state index contributed by atoms with van der Waals surface area (Å²) in [6.07, 6.45) is 0.643. The first-order valence-corrected chi connectivity index (χ1v) is 8.57. The van der Waals surface area contributed by atoms with E-state index in [2.05, 4.69) is 36.1 Å². The Morgan fingerprint density at radius 3 is 2.54 bits per heavy atom. The summed E-state index contributed by atoms with van der Waals surface area (Å²) in [5.41, 5.74) is 2.46. The molecule has 1 atom stereocenters. The van der Waals surface area contributed by atoms with E-state index >= 15 is 0 Å². The number of aliphatic carboxylic acids is 1. The summed E-state index contributed by atoms with van der Waals surface area (Å²) in [6.45, 7) is 6.75. The molecule has 0 spiro atoms. The van der Waals surface area contributed by atoms with Gasteiger partial charge in [-0.05, 0) is 37.6 Å². The van der Waals surface area contributed by atoms with Crippen molar-refractivity contribution in [3.05, 3.63) is 29.8 Å². The maximum Gasteiger partial charge on any atom is 0.307 e. The monoisotopic (exact) mass is 331 g/mol. The van der Waals surface area contributed by atoms with Crippen molar-refractivity contribution in [2.45, 2.75) is 13.3 Å². The summed E-state index contributed by atoms with van der Waals surface area (Å²) in [5.74, 6) is -0.961. The van der Waals surface area contributed by atoms with Gasteiger partial charge in [0.25, 0.3) is 0 Å². The van der Waals surface area contributed by atoms with Gasteiger partial charge in [0.2, 0.25) is 5.91 Å². The lowest BCUT2D eigenvalue weighted by atomic mass is 10.1. The number of hydrogen-bond donors (Lipinski definition) is 1. The maximum absolute atomic E-state index is 12.4. The fourth-order valence-corrected chi connectivity index (χ4v) is 3.51. The highest BCUT2D eigenvalue weighted by Crippen LogP contribution is 2.19. The van der Waals surface area contributed by atoms with Crippen LogP contribution < -0.4 is 4.90 Å². The predicted molar refractivity (Wildman–Crippen MR) is 92.2 cm³/mol. The number of carboxylic acids is 1. The van der Waals surface area contributed by atoms with Gasteiger partial charge in [-0.2, -0.15) is 0 Å². The zero-order valence-corrected chi connectivity index (χ0v) is 14.1. The average Bonchev–Trinajstić information content (AvgIpc) is 3.04. The number of likely N-dealkylation sites (tertiary alicyclic amines) is 1. The van der Waals surface area contributed by atoms with Crippen LogP contribution >= 0.6 is 0 Å². The predicted octanol–water partition coefficient (Wildman–Crippen LogP) is 1.05. The second kappa shape index (κ2) is 7.21. The Morgan fingerprint density at radius 1 is 1.17 bits per heavy atom. The van der Waals surface area contributed by atoms with Crippen molar-refractivity contribution < 1.29 is 14.7 Å². The lowest BCUT2D eigenvalue weighted by Gasteiger charge is -2.36. The van der Waals surface area contributed by atoms with Crippen LogP contribution in [0.1, 0.15) is 12.0 Å². The van der Waals surface area contributed by atoms with Gasteiger partial charge in [0.1, 0.15) is 0 Å². The molecule has 1 unspecified atom stereocenters. The summed E-state index contributed by atoms with van der Waals surface area (Å²) in [4.78, 5) is 29.6. The van der Waals surface area contributed by atoms with Crippen LogP contribution in [0.25, 0.3) is 0 Å². The number of aryl methyl sites for hydroxylation is 1. The quantitative estimate of drug-likeness (QED) is 0.893. The fourth-order valence-electron chi connectivity index (χ4n) is 3.51. The standard InChI is InChI=1S/C18H25N3O3/c1-14-3-2-4-16(11-14)20-7-9-21(10-8-20)17(22)13-19-6-5-15(12-19)18(23)24/h2-4,11,15H,5-10,12-13H2,1H3,(H,23,24). The number of anilines is 1.